The van der Waals surface area contributed by atoms with Crippen molar-refractivity contribution in [3.8, 4) is 0 Å². The van der Waals surface area contributed by atoms with Crippen molar-refractivity contribution < 1.29 is 0 Å². The number of rotatable bonds is 2. The van der Waals surface area contributed by atoms with Gasteiger partial charge in [0.15, 0.2) is 5.11 Å². The molecule has 0 aliphatic carbocycles. The van der Waals surface area contributed by atoms with Crippen molar-refractivity contribution in [1.29, 1.82) is 0 Å². The smallest absolute Gasteiger partial charge is 0.171 e. The summed E-state index contributed by atoms with van der Waals surface area (Å²) in [5.74, 6) is 0. The molecule has 4 heterocycles. The molecule has 0 spiro atoms. The topological polar surface area (TPSA) is 33.8 Å². The molecule has 2 N–H and O–H groups in total. The fraction of sp³-hybridized carbons (Fsp3) is 0.533. The molecule has 6 heteroatoms. The van der Waals surface area contributed by atoms with Crippen molar-refractivity contribution in [3.63, 3.8) is 0 Å². The minimum absolute atomic E-state index is 0.0721. The number of hydrogen-bond donors (Lipinski definition) is 2. The fourth-order valence-electron chi connectivity index (χ4n) is 3.96. The van der Waals surface area contributed by atoms with Gasteiger partial charge >= 0.3 is 0 Å². The van der Waals surface area contributed by atoms with Crippen LogP contribution in [0.25, 0.3) is 0 Å². The maximum atomic E-state index is 5.54. The molecule has 0 unspecified atom stereocenters. The van der Waals surface area contributed by atoms with Gasteiger partial charge in [0.2, 0.25) is 0 Å². The second kappa shape index (κ2) is 4.91. The van der Waals surface area contributed by atoms with Gasteiger partial charge in [-0.2, -0.15) is 0 Å². The molecule has 4 bridgehead atoms. The molecular weight excluding hydrogens is 282 g/mol. The van der Waals surface area contributed by atoms with Crippen LogP contribution in [0.5, 0.6) is 0 Å². The van der Waals surface area contributed by atoms with E-state index in [4.69, 9.17) is 12.2 Å². The Labute approximate surface area is 130 Å². The van der Waals surface area contributed by atoms with Crippen molar-refractivity contribution in [2.45, 2.75) is 12.5 Å². The predicted octanol–water partition coefficient (Wildman–Crippen LogP) is 0.840. The Hall–Kier alpha value is -1.21. The van der Waals surface area contributed by atoms with Gasteiger partial charge in [-0.25, -0.2) is 0 Å². The third-order valence-corrected chi connectivity index (χ3v) is 4.64. The van der Waals surface area contributed by atoms with Gasteiger partial charge < -0.3 is 10.6 Å². The van der Waals surface area contributed by atoms with Gasteiger partial charge in [-0.1, -0.05) is 12.1 Å². The van der Waals surface area contributed by atoms with E-state index in [2.05, 4.69) is 50.5 Å². The molecule has 0 amide bonds. The SMILES string of the molecule is Cc1cccc(NC(=S)NC23CN4CN(CN(C4)C2)C3)c1. The molecule has 1 aromatic rings. The highest BCUT2D eigenvalue weighted by atomic mass is 32.1. The lowest BCUT2D eigenvalue weighted by molar-refractivity contribution is -0.145. The van der Waals surface area contributed by atoms with Crippen LogP contribution in [0.2, 0.25) is 0 Å². The highest BCUT2D eigenvalue weighted by Crippen LogP contribution is 2.28. The van der Waals surface area contributed by atoms with Crippen LogP contribution in [-0.4, -0.2) is 65.0 Å². The minimum atomic E-state index is 0.0721. The Morgan fingerprint density at radius 1 is 1.10 bits per heavy atom. The Bertz CT molecular complexity index is 538. The number of benzene rings is 1. The van der Waals surface area contributed by atoms with Crippen molar-refractivity contribution >= 4 is 23.0 Å². The molecule has 4 aliphatic rings. The summed E-state index contributed by atoms with van der Waals surface area (Å²) in [6.07, 6.45) is 0. The van der Waals surface area contributed by atoms with Crippen LogP contribution in [0.4, 0.5) is 5.69 Å². The lowest BCUT2D eigenvalue weighted by Crippen LogP contribution is -2.80. The first-order chi connectivity index (χ1) is 10.1. The number of nitrogens with one attached hydrogen (secondary N) is 2. The van der Waals surface area contributed by atoms with E-state index in [0.717, 1.165) is 50.4 Å². The zero-order chi connectivity index (χ0) is 14.4. The summed E-state index contributed by atoms with van der Waals surface area (Å²) >= 11 is 5.54. The summed E-state index contributed by atoms with van der Waals surface area (Å²) in [7, 11) is 0. The normalized spacial score (nSPS) is 36.5. The Morgan fingerprint density at radius 2 is 1.71 bits per heavy atom. The second-order valence-electron chi connectivity index (χ2n) is 6.64. The van der Waals surface area contributed by atoms with Gasteiger partial charge in [0.1, 0.15) is 0 Å². The highest BCUT2D eigenvalue weighted by Gasteiger charge is 2.48. The fourth-order valence-corrected chi connectivity index (χ4v) is 4.30. The van der Waals surface area contributed by atoms with Gasteiger partial charge in [0.25, 0.3) is 0 Å². The van der Waals surface area contributed by atoms with Crippen LogP contribution in [0.1, 0.15) is 5.56 Å². The molecule has 4 fully saturated rings. The molecule has 21 heavy (non-hydrogen) atoms. The molecule has 4 saturated heterocycles. The molecule has 0 saturated carbocycles. The molecule has 112 valence electrons. The average Bonchev–Trinajstić information content (AvgIpc) is 2.35. The van der Waals surface area contributed by atoms with Crippen LogP contribution in [0.3, 0.4) is 0 Å². The van der Waals surface area contributed by atoms with Crippen LogP contribution in [0, 0.1) is 6.92 Å². The van der Waals surface area contributed by atoms with Crippen LogP contribution in [0.15, 0.2) is 24.3 Å². The number of nitrogens with zero attached hydrogens (tertiary/aromatic N) is 3. The number of thiocarbonyl (C=S) groups is 1. The Morgan fingerprint density at radius 3 is 2.29 bits per heavy atom. The second-order valence-corrected chi connectivity index (χ2v) is 7.05. The number of aryl methyl sites for hydroxylation is 1. The summed E-state index contributed by atoms with van der Waals surface area (Å²) in [6, 6.07) is 8.31. The van der Waals surface area contributed by atoms with E-state index in [9.17, 15) is 0 Å². The van der Waals surface area contributed by atoms with E-state index in [1.165, 1.54) is 5.56 Å². The number of anilines is 1. The highest BCUT2D eigenvalue weighted by molar-refractivity contribution is 7.80. The van der Waals surface area contributed by atoms with Gasteiger partial charge in [0, 0.05) is 25.3 Å². The average molecular weight is 303 g/mol. The first-order valence-corrected chi connectivity index (χ1v) is 7.84. The standard InChI is InChI=1S/C15H21N5S/c1-12-3-2-4-13(5-12)16-14(21)17-15-6-18-9-19(7-15)11-20(8-15)10-18/h2-5H,6-11H2,1H3,(H2,16,17,21). The van der Waals surface area contributed by atoms with E-state index in [0.29, 0.717) is 0 Å². The summed E-state index contributed by atoms with van der Waals surface area (Å²) < 4.78 is 0. The predicted molar refractivity (Wildman–Crippen MR) is 88.0 cm³/mol. The molecule has 4 aliphatic heterocycles. The van der Waals surface area contributed by atoms with Crippen molar-refractivity contribution in [3.05, 3.63) is 29.8 Å². The molecule has 0 aromatic heterocycles. The molecule has 0 radical (unpaired) electrons. The molecular formula is C15H21N5S. The first kappa shape index (κ1) is 13.5. The van der Waals surface area contributed by atoms with Crippen LogP contribution >= 0.6 is 12.2 Å². The lowest BCUT2D eigenvalue weighted by atomic mass is 9.91. The van der Waals surface area contributed by atoms with Gasteiger partial charge in [-0.15, -0.1) is 0 Å². The number of hydrogen-bond acceptors (Lipinski definition) is 4. The zero-order valence-corrected chi connectivity index (χ0v) is 13.1. The summed E-state index contributed by atoms with van der Waals surface area (Å²) in [5, 5.41) is 7.64. The summed E-state index contributed by atoms with van der Waals surface area (Å²) in [5.41, 5.74) is 2.36. The van der Waals surface area contributed by atoms with Crippen LogP contribution in [-0.2, 0) is 0 Å². The monoisotopic (exact) mass is 303 g/mol. The Balaban J connectivity index is 1.45. The third-order valence-electron chi connectivity index (χ3n) is 4.43. The van der Waals surface area contributed by atoms with Crippen molar-refractivity contribution in [2.24, 2.45) is 0 Å². The van der Waals surface area contributed by atoms with Gasteiger partial charge in [0.05, 0.1) is 25.5 Å². The zero-order valence-electron chi connectivity index (χ0n) is 12.3. The third kappa shape index (κ3) is 2.64. The minimum Gasteiger partial charge on any atom is -0.353 e. The maximum Gasteiger partial charge on any atom is 0.171 e. The van der Waals surface area contributed by atoms with E-state index in [1.807, 2.05) is 6.07 Å². The summed E-state index contributed by atoms with van der Waals surface area (Å²) in [6.45, 7) is 8.61. The van der Waals surface area contributed by atoms with Gasteiger partial charge in [-0.3, -0.25) is 14.7 Å². The quantitative estimate of drug-likeness (QED) is 0.788. The lowest BCUT2D eigenvalue weighted by Gasteiger charge is -2.60. The maximum absolute atomic E-state index is 5.54. The molecule has 5 rings (SSSR count). The Kier molecular flexibility index (Phi) is 3.15. The van der Waals surface area contributed by atoms with Gasteiger partial charge in [-0.05, 0) is 36.8 Å². The largest absolute Gasteiger partial charge is 0.353 e. The molecule has 5 nitrogen and oxygen atoms in total. The molecule has 1 aromatic carbocycles. The van der Waals surface area contributed by atoms with E-state index >= 15 is 0 Å². The van der Waals surface area contributed by atoms with E-state index in [-0.39, 0.29) is 5.54 Å². The van der Waals surface area contributed by atoms with E-state index in [1.54, 1.807) is 0 Å². The molecule has 0 atom stereocenters. The van der Waals surface area contributed by atoms with Crippen molar-refractivity contribution in [2.75, 3.05) is 45.0 Å². The summed E-state index contributed by atoms with van der Waals surface area (Å²) in [4.78, 5) is 7.45. The van der Waals surface area contributed by atoms with E-state index < -0.39 is 0 Å². The van der Waals surface area contributed by atoms with Crippen LogP contribution < -0.4 is 10.6 Å². The first-order valence-electron chi connectivity index (χ1n) is 7.43. The van der Waals surface area contributed by atoms with Crippen molar-refractivity contribution in [1.82, 2.24) is 20.0 Å².